The number of aromatic nitrogens is 1. The maximum Gasteiger partial charge on any atom is 0.0410 e. The van der Waals surface area contributed by atoms with Crippen LogP contribution in [0.15, 0.2) is 28.5 Å². The molecule has 1 aromatic rings. The van der Waals surface area contributed by atoms with Gasteiger partial charge in [-0.25, -0.2) is 0 Å². The zero-order valence-corrected chi connectivity index (χ0v) is 12.6. The molecule has 0 aliphatic rings. The Morgan fingerprint density at radius 3 is 2.65 bits per heavy atom. The van der Waals surface area contributed by atoms with Gasteiger partial charge < -0.3 is 5.32 Å². The number of rotatable bonds is 4. The van der Waals surface area contributed by atoms with Gasteiger partial charge in [0.2, 0.25) is 0 Å². The summed E-state index contributed by atoms with van der Waals surface area (Å²) in [7, 11) is 0. The van der Waals surface area contributed by atoms with Crippen LogP contribution in [0.5, 0.6) is 0 Å². The van der Waals surface area contributed by atoms with Crippen LogP contribution in [0.4, 0.5) is 0 Å². The van der Waals surface area contributed by atoms with E-state index < -0.39 is 0 Å². The molecule has 1 rings (SSSR count). The zero-order chi connectivity index (χ0) is 12.9. The standard InChI is InChI=1S/C14H21BrN2/c1-5-11(9-17-14(2,3)4)6-12-7-13(15)10-16-8-12/h6-8,10,17H,5,9H2,1-4H3/b11-6-. The molecular formula is C14H21BrN2. The van der Waals surface area contributed by atoms with Crippen LogP contribution in [0, 0.1) is 0 Å². The smallest absolute Gasteiger partial charge is 0.0410 e. The number of hydrogen-bond donors (Lipinski definition) is 1. The maximum atomic E-state index is 4.17. The van der Waals surface area contributed by atoms with Gasteiger partial charge in [0.25, 0.3) is 0 Å². The van der Waals surface area contributed by atoms with Crippen LogP contribution < -0.4 is 5.32 Å². The van der Waals surface area contributed by atoms with Crippen LogP contribution in [0.2, 0.25) is 0 Å². The fourth-order valence-corrected chi connectivity index (χ4v) is 1.78. The Morgan fingerprint density at radius 1 is 1.41 bits per heavy atom. The van der Waals surface area contributed by atoms with Crippen LogP contribution in [0.25, 0.3) is 6.08 Å². The highest BCUT2D eigenvalue weighted by Gasteiger charge is 2.08. The number of halogens is 1. The first-order chi connectivity index (χ1) is 7.90. The summed E-state index contributed by atoms with van der Waals surface area (Å²) in [4.78, 5) is 4.17. The van der Waals surface area contributed by atoms with E-state index in [0.717, 1.165) is 23.0 Å². The molecule has 0 fully saturated rings. The monoisotopic (exact) mass is 296 g/mol. The van der Waals surface area contributed by atoms with Gasteiger partial charge >= 0.3 is 0 Å². The van der Waals surface area contributed by atoms with Gasteiger partial charge in [0.1, 0.15) is 0 Å². The minimum absolute atomic E-state index is 0.157. The van der Waals surface area contributed by atoms with Crippen LogP contribution in [0.3, 0.4) is 0 Å². The molecule has 17 heavy (non-hydrogen) atoms. The predicted molar refractivity (Wildman–Crippen MR) is 78.0 cm³/mol. The van der Waals surface area contributed by atoms with E-state index in [4.69, 9.17) is 0 Å². The Hall–Kier alpha value is -0.670. The van der Waals surface area contributed by atoms with Gasteiger partial charge in [0.15, 0.2) is 0 Å². The summed E-state index contributed by atoms with van der Waals surface area (Å²) in [5.41, 5.74) is 2.69. The Morgan fingerprint density at radius 2 is 2.12 bits per heavy atom. The van der Waals surface area contributed by atoms with E-state index in [1.54, 1.807) is 6.20 Å². The number of hydrogen-bond acceptors (Lipinski definition) is 2. The lowest BCUT2D eigenvalue weighted by molar-refractivity contribution is 0.443. The molecule has 0 atom stereocenters. The summed E-state index contributed by atoms with van der Waals surface area (Å²) >= 11 is 3.44. The van der Waals surface area contributed by atoms with Crippen LogP contribution in [-0.2, 0) is 0 Å². The van der Waals surface area contributed by atoms with Crippen molar-refractivity contribution in [3.63, 3.8) is 0 Å². The molecule has 0 aliphatic carbocycles. The average Bonchev–Trinajstić information content (AvgIpc) is 2.23. The third-order valence-electron chi connectivity index (χ3n) is 2.40. The molecule has 0 bridgehead atoms. The molecule has 0 saturated carbocycles. The van der Waals surface area contributed by atoms with E-state index in [-0.39, 0.29) is 5.54 Å². The Balaban J connectivity index is 2.73. The Labute approximate surface area is 113 Å². The number of nitrogens with one attached hydrogen (secondary N) is 1. The molecule has 0 saturated heterocycles. The molecule has 3 heteroatoms. The summed E-state index contributed by atoms with van der Waals surface area (Å²) in [6.07, 6.45) is 6.94. The van der Waals surface area contributed by atoms with E-state index in [1.165, 1.54) is 5.57 Å². The largest absolute Gasteiger partial charge is 0.308 e. The van der Waals surface area contributed by atoms with Crippen LogP contribution in [0.1, 0.15) is 39.7 Å². The van der Waals surface area contributed by atoms with Crippen molar-refractivity contribution >= 4 is 22.0 Å². The fraction of sp³-hybridized carbons (Fsp3) is 0.500. The molecular weight excluding hydrogens is 276 g/mol. The predicted octanol–water partition coefficient (Wildman–Crippen LogP) is 4.03. The van der Waals surface area contributed by atoms with Crippen LogP contribution in [-0.4, -0.2) is 17.1 Å². The van der Waals surface area contributed by atoms with Crippen molar-refractivity contribution in [2.24, 2.45) is 0 Å². The Bertz CT molecular complexity index is 391. The quantitative estimate of drug-likeness (QED) is 0.907. The van der Waals surface area contributed by atoms with Crippen molar-refractivity contribution in [1.82, 2.24) is 10.3 Å². The van der Waals surface area contributed by atoms with Gasteiger partial charge in [0.05, 0.1) is 0 Å². The first kappa shape index (κ1) is 14.4. The number of nitrogens with zero attached hydrogens (tertiary/aromatic N) is 1. The topological polar surface area (TPSA) is 24.9 Å². The minimum atomic E-state index is 0.157. The molecule has 0 aliphatic heterocycles. The van der Waals surface area contributed by atoms with E-state index in [9.17, 15) is 0 Å². The highest BCUT2D eigenvalue weighted by molar-refractivity contribution is 9.10. The van der Waals surface area contributed by atoms with Crippen molar-refractivity contribution in [2.75, 3.05) is 6.54 Å². The highest BCUT2D eigenvalue weighted by Crippen LogP contribution is 2.14. The molecule has 0 unspecified atom stereocenters. The molecule has 1 N–H and O–H groups in total. The SMILES string of the molecule is CC/C(=C/c1cncc(Br)c1)CNC(C)(C)C. The summed E-state index contributed by atoms with van der Waals surface area (Å²) in [6, 6.07) is 2.08. The molecule has 2 nitrogen and oxygen atoms in total. The van der Waals surface area contributed by atoms with E-state index in [1.807, 2.05) is 6.20 Å². The lowest BCUT2D eigenvalue weighted by Gasteiger charge is -2.21. The Kier molecular flexibility index (Phi) is 5.34. The second-order valence-electron chi connectivity index (χ2n) is 5.20. The summed E-state index contributed by atoms with van der Waals surface area (Å²) in [5.74, 6) is 0. The van der Waals surface area contributed by atoms with Crippen molar-refractivity contribution in [3.8, 4) is 0 Å². The molecule has 0 radical (unpaired) electrons. The zero-order valence-electron chi connectivity index (χ0n) is 11.0. The summed E-state index contributed by atoms with van der Waals surface area (Å²) in [5, 5.41) is 3.51. The van der Waals surface area contributed by atoms with E-state index in [2.05, 4.69) is 66.1 Å². The molecule has 0 spiro atoms. The van der Waals surface area contributed by atoms with Gasteiger partial charge in [-0.05, 0) is 54.8 Å². The third kappa shape index (κ3) is 5.99. The lowest BCUT2D eigenvalue weighted by Crippen LogP contribution is -2.36. The summed E-state index contributed by atoms with van der Waals surface area (Å²) in [6.45, 7) is 9.65. The maximum absolute atomic E-state index is 4.17. The van der Waals surface area contributed by atoms with Gasteiger partial charge in [-0.15, -0.1) is 0 Å². The van der Waals surface area contributed by atoms with Gasteiger partial charge in [-0.3, -0.25) is 4.98 Å². The molecule has 1 aromatic heterocycles. The van der Waals surface area contributed by atoms with Crippen molar-refractivity contribution in [1.29, 1.82) is 0 Å². The van der Waals surface area contributed by atoms with Crippen molar-refractivity contribution in [3.05, 3.63) is 34.1 Å². The first-order valence-electron chi connectivity index (χ1n) is 5.96. The molecule has 0 amide bonds. The first-order valence-corrected chi connectivity index (χ1v) is 6.75. The second-order valence-corrected chi connectivity index (χ2v) is 6.11. The molecule has 0 aromatic carbocycles. The normalized spacial score (nSPS) is 12.9. The summed E-state index contributed by atoms with van der Waals surface area (Å²) < 4.78 is 1.02. The third-order valence-corrected chi connectivity index (χ3v) is 2.83. The van der Waals surface area contributed by atoms with E-state index >= 15 is 0 Å². The molecule has 1 heterocycles. The van der Waals surface area contributed by atoms with Crippen LogP contribution >= 0.6 is 15.9 Å². The number of pyridine rings is 1. The van der Waals surface area contributed by atoms with Crippen molar-refractivity contribution in [2.45, 2.75) is 39.7 Å². The van der Waals surface area contributed by atoms with E-state index in [0.29, 0.717) is 0 Å². The minimum Gasteiger partial charge on any atom is -0.308 e. The van der Waals surface area contributed by atoms with Gasteiger partial charge in [0, 0.05) is 29.0 Å². The lowest BCUT2D eigenvalue weighted by atomic mass is 10.1. The average molecular weight is 297 g/mol. The fourth-order valence-electron chi connectivity index (χ4n) is 1.40. The second kappa shape index (κ2) is 6.31. The van der Waals surface area contributed by atoms with Gasteiger partial charge in [-0.1, -0.05) is 18.6 Å². The molecule has 94 valence electrons. The van der Waals surface area contributed by atoms with Crippen molar-refractivity contribution < 1.29 is 0 Å². The van der Waals surface area contributed by atoms with Gasteiger partial charge in [-0.2, -0.15) is 0 Å². The highest BCUT2D eigenvalue weighted by atomic mass is 79.9.